The van der Waals surface area contributed by atoms with Crippen molar-refractivity contribution < 1.29 is 14.6 Å². The van der Waals surface area contributed by atoms with E-state index >= 15 is 0 Å². The number of methoxy groups -OCH3 is 1. The maximum absolute atomic E-state index is 11.6. The second-order valence-electron chi connectivity index (χ2n) is 4.40. The Morgan fingerprint density at radius 2 is 1.95 bits per heavy atom. The predicted octanol–water partition coefficient (Wildman–Crippen LogP) is 0.486. The molecule has 7 nitrogen and oxygen atoms in total. The van der Waals surface area contributed by atoms with Crippen molar-refractivity contribution in [2.24, 2.45) is 0 Å². The van der Waals surface area contributed by atoms with Gasteiger partial charge in [-0.05, 0) is 24.1 Å². The highest BCUT2D eigenvalue weighted by atomic mass is 16.5. The number of aromatic nitrogens is 2. The molecule has 2 N–H and O–H groups in total. The van der Waals surface area contributed by atoms with Gasteiger partial charge in [0.15, 0.2) is 0 Å². The molecular weight excluding hydrogens is 276 g/mol. The highest BCUT2D eigenvalue weighted by molar-refractivity contribution is 5.86. The van der Waals surface area contributed by atoms with E-state index < -0.39 is 22.8 Å². The number of rotatable bonds is 5. The zero-order valence-corrected chi connectivity index (χ0v) is 11.3. The summed E-state index contributed by atoms with van der Waals surface area (Å²) in [5.41, 5.74) is -1.01. The molecule has 2 rings (SSSR count). The number of aromatic amines is 1. The van der Waals surface area contributed by atoms with Gasteiger partial charge in [0.2, 0.25) is 0 Å². The minimum absolute atomic E-state index is 0.266. The van der Waals surface area contributed by atoms with Gasteiger partial charge >= 0.3 is 11.7 Å². The molecule has 0 spiro atoms. The molecule has 0 saturated heterocycles. The lowest BCUT2D eigenvalue weighted by atomic mass is 10.1. The van der Waals surface area contributed by atoms with Gasteiger partial charge in [0.1, 0.15) is 11.3 Å². The number of ether oxygens (including phenoxy) is 1. The van der Waals surface area contributed by atoms with Crippen LogP contribution in [0.2, 0.25) is 0 Å². The summed E-state index contributed by atoms with van der Waals surface area (Å²) < 4.78 is 6.22. The number of hydrogen-bond donors (Lipinski definition) is 2. The molecule has 0 saturated carbocycles. The van der Waals surface area contributed by atoms with Crippen molar-refractivity contribution >= 4 is 5.97 Å². The molecular formula is C14H14N2O5. The Labute approximate surface area is 119 Å². The summed E-state index contributed by atoms with van der Waals surface area (Å²) in [5.74, 6) is -0.637. The third-order valence-corrected chi connectivity index (χ3v) is 3.04. The fourth-order valence-corrected chi connectivity index (χ4v) is 1.87. The summed E-state index contributed by atoms with van der Waals surface area (Å²) in [7, 11) is 1.57. The van der Waals surface area contributed by atoms with Crippen molar-refractivity contribution in [1.29, 1.82) is 0 Å². The summed E-state index contributed by atoms with van der Waals surface area (Å²) in [6, 6.07) is 7.31. The quantitative estimate of drug-likeness (QED) is 0.834. The SMILES string of the molecule is COc1ccc(CCn2cc(C(=O)O)c(=O)[nH]c2=O)cc1. The van der Waals surface area contributed by atoms with Crippen LogP contribution in [0, 0.1) is 0 Å². The first-order chi connectivity index (χ1) is 10.0. The summed E-state index contributed by atoms with van der Waals surface area (Å²) >= 11 is 0. The molecule has 1 aromatic heterocycles. The summed E-state index contributed by atoms with van der Waals surface area (Å²) in [4.78, 5) is 35.8. The summed E-state index contributed by atoms with van der Waals surface area (Å²) in [6.07, 6.45) is 1.59. The van der Waals surface area contributed by atoms with E-state index in [1.165, 1.54) is 4.57 Å². The van der Waals surface area contributed by atoms with E-state index in [4.69, 9.17) is 9.84 Å². The van der Waals surface area contributed by atoms with Gasteiger partial charge in [-0.1, -0.05) is 12.1 Å². The number of aromatic carboxylic acids is 1. The van der Waals surface area contributed by atoms with E-state index in [0.717, 1.165) is 17.5 Å². The Hall–Kier alpha value is -2.83. The van der Waals surface area contributed by atoms with E-state index in [1.807, 2.05) is 17.1 Å². The number of hydrogen-bond acceptors (Lipinski definition) is 4. The van der Waals surface area contributed by atoms with Crippen LogP contribution in [0.15, 0.2) is 40.1 Å². The van der Waals surface area contributed by atoms with E-state index in [-0.39, 0.29) is 6.54 Å². The number of nitrogens with one attached hydrogen (secondary N) is 1. The van der Waals surface area contributed by atoms with Crippen LogP contribution in [0.25, 0.3) is 0 Å². The summed E-state index contributed by atoms with van der Waals surface area (Å²) in [5, 5.41) is 8.87. The van der Waals surface area contributed by atoms with Crippen LogP contribution < -0.4 is 16.0 Å². The zero-order valence-electron chi connectivity index (χ0n) is 11.3. The third kappa shape index (κ3) is 3.38. The molecule has 0 atom stereocenters. The van der Waals surface area contributed by atoms with Crippen LogP contribution in [-0.4, -0.2) is 27.7 Å². The molecule has 1 aromatic carbocycles. The minimum Gasteiger partial charge on any atom is -0.497 e. The van der Waals surface area contributed by atoms with Crippen molar-refractivity contribution in [1.82, 2.24) is 9.55 Å². The molecule has 0 aliphatic rings. The molecule has 0 unspecified atom stereocenters. The molecule has 7 heteroatoms. The average Bonchev–Trinajstić information content (AvgIpc) is 2.46. The molecule has 1 heterocycles. The van der Waals surface area contributed by atoms with Gasteiger partial charge in [-0.15, -0.1) is 0 Å². The Morgan fingerprint density at radius 3 is 2.52 bits per heavy atom. The van der Waals surface area contributed by atoms with E-state index in [9.17, 15) is 14.4 Å². The van der Waals surface area contributed by atoms with Crippen LogP contribution in [0.4, 0.5) is 0 Å². The highest BCUT2D eigenvalue weighted by Crippen LogP contribution is 2.11. The molecule has 110 valence electrons. The van der Waals surface area contributed by atoms with Gasteiger partial charge in [-0.25, -0.2) is 9.59 Å². The molecule has 0 amide bonds. The van der Waals surface area contributed by atoms with E-state index in [0.29, 0.717) is 6.42 Å². The number of benzene rings is 1. The topological polar surface area (TPSA) is 101 Å². The number of H-pyrrole nitrogens is 1. The number of carboxylic acids is 1. The second-order valence-corrected chi connectivity index (χ2v) is 4.40. The van der Waals surface area contributed by atoms with Gasteiger partial charge in [0.25, 0.3) is 5.56 Å². The Balaban J connectivity index is 2.19. The van der Waals surface area contributed by atoms with Crippen LogP contribution in [0.5, 0.6) is 5.75 Å². The first kappa shape index (κ1) is 14.6. The zero-order chi connectivity index (χ0) is 15.4. The highest BCUT2D eigenvalue weighted by Gasteiger charge is 2.11. The van der Waals surface area contributed by atoms with Gasteiger partial charge in [-0.3, -0.25) is 14.3 Å². The van der Waals surface area contributed by atoms with Gasteiger partial charge < -0.3 is 9.84 Å². The number of carbonyl (C=O) groups is 1. The molecule has 2 aromatic rings. The smallest absolute Gasteiger partial charge is 0.342 e. The summed E-state index contributed by atoms with van der Waals surface area (Å²) in [6.45, 7) is 0.266. The lowest BCUT2D eigenvalue weighted by molar-refractivity contribution is 0.0693. The van der Waals surface area contributed by atoms with Crippen molar-refractivity contribution in [3.05, 3.63) is 62.4 Å². The normalized spacial score (nSPS) is 10.3. The van der Waals surface area contributed by atoms with Gasteiger partial charge in [-0.2, -0.15) is 0 Å². The fraction of sp³-hybridized carbons (Fsp3) is 0.214. The standard InChI is InChI=1S/C14H14N2O5/c1-21-10-4-2-9(3-5-10)6-7-16-8-11(13(18)19)12(17)15-14(16)20/h2-5,8H,6-7H2,1H3,(H,18,19)(H,15,17,20). The average molecular weight is 290 g/mol. The Morgan fingerprint density at radius 1 is 1.29 bits per heavy atom. The van der Waals surface area contributed by atoms with Crippen LogP contribution in [-0.2, 0) is 13.0 Å². The molecule has 21 heavy (non-hydrogen) atoms. The lowest BCUT2D eigenvalue weighted by Gasteiger charge is -2.07. The van der Waals surface area contributed by atoms with E-state index in [1.54, 1.807) is 19.2 Å². The van der Waals surface area contributed by atoms with Crippen molar-refractivity contribution in [3.8, 4) is 5.75 Å². The molecule has 0 bridgehead atoms. The first-order valence-electron chi connectivity index (χ1n) is 6.21. The predicted molar refractivity (Wildman–Crippen MR) is 75.0 cm³/mol. The molecule has 0 aliphatic carbocycles. The number of aryl methyl sites for hydroxylation is 2. The van der Waals surface area contributed by atoms with Crippen LogP contribution in [0.3, 0.4) is 0 Å². The molecule has 0 aliphatic heterocycles. The van der Waals surface area contributed by atoms with Gasteiger partial charge in [0, 0.05) is 12.7 Å². The molecule has 0 radical (unpaired) electrons. The van der Waals surface area contributed by atoms with E-state index in [2.05, 4.69) is 0 Å². The maximum Gasteiger partial charge on any atom is 0.342 e. The maximum atomic E-state index is 11.6. The Bertz CT molecular complexity index is 758. The molecule has 0 fully saturated rings. The van der Waals surface area contributed by atoms with Crippen molar-refractivity contribution in [3.63, 3.8) is 0 Å². The number of carboxylic acid groups (broad SMARTS) is 1. The number of nitrogens with zero attached hydrogens (tertiary/aromatic N) is 1. The minimum atomic E-state index is -1.37. The monoisotopic (exact) mass is 290 g/mol. The Kier molecular flexibility index (Phi) is 4.22. The van der Waals surface area contributed by atoms with Crippen molar-refractivity contribution in [2.45, 2.75) is 13.0 Å². The van der Waals surface area contributed by atoms with Crippen LogP contribution in [0.1, 0.15) is 15.9 Å². The fourth-order valence-electron chi connectivity index (χ4n) is 1.87. The van der Waals surface area contributed by atoms with Gasteiger partial charge in [0.05, 0.1) is 7.11 Å². The van der Waals surface area contributed by atoms with Crippen LogP contribution >= 0.6 is 0 Å². The third-order valence-electron chi connectivity index (χ3n) is 3.04. The first-order valence-corrected chi connectivity index (χ1v) is 6.21. The largest absolute Gasteiger partial charge is 0.497 e. The second kappa shape index (κ2) is 6.08. The van der Waals surface area contributed by atoms with Crippen molar-refractivity contribution in [2.75, 3.05) is 7.11 Å². The lowest BCUT2D eigenvalue weighted by Crippen LogP contribution is -2.33.